The zero-order valence-corrected chi connectivity index (χ0v) is 9.99. The van der Waals surface area contributed by atoms with Crippen molar-refractivity contribution in [3.8, 4) is 0 Å². The normalized spacial score (nSPS) is 11.2. The van der Waals surface area contributed by atoms with Crippen LogP contribution in [0.1, 0.15) is 45.3 Å². The van der Waals surface area contributed by atoms with Crippen molar-refractivity contribution in [1.82, 2.24) is 15.0 Å². The smallest absolute Gasteiger partial charge is 0.240 e. The summed E-state index contributed by atoms with van der Waals surface area (Å²) in [6.07, 6.45) is 3.16. The maximum atomic E-state index is 5.18. The van der Waals surface area contributed by atoms with Gasteiger partial charge in [-0.25, -0.2) is 0 Å². The van der Waals surface area contributed by atoms with Gasteiger partial charge < -0.3 is 4.52 Å². The van der Waals surface area contributed by atoms with E-state index in [9.17, 15) is 0 Å². The quantitative estimate of drug-likeness (QED) is 0.693. The molecule has 86 valence electrons. The van der Waals surface area contributed by atoms with E-state index >= 15 is 0 Å². The average Bonchev–Trinajstić information content (AvgIpc) is 2.66. The van der Waals surface area contributed by atoms with Gasteiger partial charge in [-0.2, -0.15) is 4.98 Å². The van der Waals surface area contributed by atoms with Gasteiger partial charge in [0.2, 0.25) is 5.89 Å². The molecular weight excluding hydrogens is 190 g/mol. The third kappa shape index (κ3) is 4.00. The van der Waals surface area contributed by atoms with Crippen LogP contribution in [0.4, 0.5) is 0 Å². The lowest BCUT2D eigenvalue weighted by Gasteiger charge is -2.18. The zero-order valence-electron chi connectivity index (χ0n) is 9.99. The maximum Gasteiger partial charge on any atom is 0.240 e. The van der Waals surface area contributed by atoms with E-state index < -0.39 is 0 Å². The maximum absolute atomic E-state index is 5.18. The summed E-state index contributed by atoms with van der Waals surface area (Å²) in [6, 6.07) is 0. The number of nitrogens with zero attached hydrogens (tertiary/aromatic N) is 3. The summed E-state index contributed by atoms with van der Waals surface area (Å²) in [5.41, 5.74) is 0. The second kappa shape index (κ2) is 6.56. The van der Waals surface area contributed by atoms with Crippen LogP contribution in [0.15, 0.2) is 4.52 Å². The number of hydrogen-bond donors (Lipinski definition) is 0. The van der Waals surface area contributed by atoms with Crippen molar-refractivity contribution < 1.29 is 4.52 Å². The molecule has 0 saturated carbocycles. The monoisotopic (exact) mass is 211 g/mol. The van der Waals surface area contributed by atoms with Crippen molar-refractivity contribution in [2.75, 3.05) is 13.1 Å². The predicted molar refractivity (Wildman–Crippen MR) is 59.5 cm³/mol. The summed E-state index contributed by atoms with van der Waals surface area (Å²) < 4.78 is 5.18. The first kappa shape index (κ1) is 12.2. The van der Waals surface area contributed by atoms with Gasteiger partial charge in [-0.15, -0.1) is 0 Å². The van der Waals surface area contributed by atoms with Gasteiger partial charge in [-0.3, -0.25) is 4.90 Å². The lowest BCUT2D eigenvalue weighted by molar-refractivity contribution is 0.226. The topological polar surface area (TPSA) is 42.2 Å². The number of rotatable bonds is 7. The molecule has 0 spiro atoms. The molecule has 15 heavy (non-hydrogen) atoms. The standard InChI is InChI=1S/C11H21N3O/c1-4-7-14(8-5-2)9-11-12-10(6-3)13-15-11/h4-9H2,1-3H3. The Hall–Kier alpha value is -0.900. The predicted octanol–water partition coefficient (Wildman–Crippen LogP) is 2.25. The molecule has 4 nitrogen and oxygen atoms in total. The molecule has 1 aromatic heterocycles. The molecule has 0 bridgehead atoms. The first-order valence-electron chi connectivity index (χ1n) is 5.83. The Morgan fingerprint density at radius 2 is 1.80 bits per heavy atom. The fourth-order valence-corrected chi connectivity index (χ4v) is 1.59. The largest absolute Gasteiger partial charge is 0.338 e. The van der Waals surface area contributed by atoms with Gasteiger partial charge in [-0.1, -0.05) is 25.9 Å². The number of aryl methyl sites for hydroxylation is 1. The first-order chi connectivity index (χ1) is 7.30. The van der Waals surface area contributed by atoms with E-state index in [-0.39, 0.29) is 0 Å². The van der Waals surface area contributed by atoms with Crippen molar-refractivity contribution in [3.05, 3.63) is 11.7 Å². The molecule has 0 aromatic carbocycles. The summed E-state index contributed by atoms with van der Waals surface area (Å²) in [5.74, 6) is 1.55. The molecule has 0 radical (unpaired) electrons. The Bertz CT molecular complexity index is 267. The van der Waals surface area contributed by atoms with E-state index in [0.717, 1.165) is 50.6 Å². The SMILES string of the molecule is CCCN(CCC)Cc1nc(CC)no1. The van der Waals surface area contributed by atoms with E-state index in [0.29, 0.717) is 0 Å². The fourth-order valence-electron chi connectivity index (χ4n) is 1.59. The van der Waals surface area contributed by atoms with E-state index in [4.69, 9.17) is 4.52 Å². The van der Waals surface area contributed by atoms with Crippen LogP contribution in [-0.4, -0.2) is 28.1 Å². The highest BCUT2D eigenvalue weighted by molar-refractivity contribution is 4.85. The second-order valence-electron chi connectivity index (χ2n) is 3.73. The Morgan fingerprint density at radius 3 is 2.27 bits per heavy atom. The molecule has 1 rings (SSSR count). The lowest BCUT2D eigenvalue weighted by atomic mass is 10.3. The summed E-state index contributed by atoms with van der Waals surface area (Å²) in [7, 11) is 0. The van der Waals surface area contributed by atoms with Crippen LogP contribution < -0.4 is 0 Å². The Balaban J connectivity index is 2.48. The minimum Gasteiger partial charge on any atom is -0.338 e. The van der Waals surface area contributed by atoms with E-state index in [1.54, 1.807) is 0 Å². The van der Waals surface area contributed by atoms with Crippen LogP contribution in [-0.2, 0) is 13.0 Å². The summed E-state index contributed by atoms with van der Waals surface area (Å²) >= 11 is 0. The Labute approximate surface area is 91.7 Å². The van der Waals surface area contributed by atoms with E-state index in [2.05, 4.69) is 28.9 Å². The van der Waals surface area contributed by atoms with E-state index in [1.165, 1.54) is 0 Å². The molecular formula is C11H21N3O. The molecule has 1 heterocycles. The van der Waals surface area contributed by atoms with Gasteiger partial charge in [0.25, 0.3) is 0 Å². The molecule has 1 aromatic rings. The minimum absolute atomic E-state index is 0.744. The zero-order chi connectivity index (χ0) is 11.1. The van der Waals surface area contributed by atoms with Crippen molar-refractivity contribution in [2.45, 2.75) is 46.6 Å². The molecule has 0 aliphatic rings. The molecule has 0 atom stereocenters. The molecule has 0 fully saturated rings. The van der Waals surface area contributed by atoms with Gasteiger partial charge in [0, 0.05) is 6.42 Å². The molecule has 0 unspecified atom stereocenters. The van der Waals surface area contributed by atoms with E-state index in [1.807, 2.05) is 6.92 Å². The molecule has 0 aliphatic heterocycles. The number of aromatic nitrogens is 2. The Morgan fingerprint density at radius 1 is 1.13 bits per heavy atom. The number of hydrogen-bond acceptors (Lipinski definition) is 4. The van der Waals surface area contributed by atoms with Crippen LogP contribution in [0.3, 0.4) is 0 Å². The summed E-state index contributed by atoms with van der Waals surface area (Å²) in [5, 5.41) is 3.90. The third-order valence-corrected chi connectivity index (χ3v) is 2.26. The van der Waals surface area contributed by atoms with Crippen molar-refractivity contribution in [1.29, 1.82) is 0 Å². The van der Waals surface area contributed by atoms with Crippen LogP contribution >= 0.6 is 0 Å². The van der Waals surface area contributed by atoms with Gasteiger partial charge in [0.15, 0.2) is 5.82 Å². The van der Waals surface area contributed by atoms with Crippen molar-refractivity contribution in [3.63, 3.8) is 0 Å². The highest BCUT2D eigenvalue weighted by Crippen LogP contribution is 2.04. The summed E-state index contributed by atoms with van der Waals surface area (Å²) in [4.78, 5) is 6.67. The molecule has 0 amide bonds. The van der Waals surface area contributed by atoms with Crippen LogP contribution in [0.2, 0.25) is 0 Å². The molecule has 0 N–H and O–H groups in total. The van der Waals surface area contributed by atoms with Crippen LogP contribution in [0.5, 0.6) is 0 Å². The van der Waals surface area contributed by atoms with Gasteiger partial charge in [0.1, 0.15) is 0 Å². The molecule has 0 aliphatic carbocycles. The third-order valence-electron chi connectivity index (χ3n) is 2.26. The highest BCUT2D eigenvalue weighted by atomic mass is 16.5. The van der Waals surface area contributed by atoms with Crippen molar-refractivity contribution in [2.24, 2.45) is 0 Å². The average molecular weight is 211 g/mol. The fraction of sp³-hybridized carbons (Fsp3) is 0.818. The van der Waals surface area contributed by atoms with Gasteiger partial charge >= 0.3 is 0 Å². The Kier molecular flexibility index (Phi) is 5.32. The van der Waals surface area contributed by atoms with Crippen LogP contribution in [0, 0.1) is 0 Å². The van der Waals surface area contributed by atoms with Gasteiger partial charge in [0.05, 0.1) is 6.54 Å². The minimum atomic E-state index is 0.744. The van der Waals surface area contributed by atoms with Gasteiger partial charge in [-0.05, 0) is 25.9 Å². The summed E-state index contributed by atoms with van der Waals surface area (Å²) in [6.45, 7) is 9.39. The first-order valence-corrected chi connectivity index (χ1v) is 5.83. The highest BCUT2D eigenvalue weighted by Gasteiger charge is 2.09. The van der Waals surface area contributed by atoms with Crippen LogP contribution in [0.25, 0.3) is 0 Å². The second-order valence-corrected chi connectivity index (χ2v) is 3.73. The molecule has 0 saturated heterocycles. The van der Waals surface area contributed by atoms with Crippen molar-refractivity contribution >= 4 is 0 Å². The lowest BCUT2D eigenvalue weighted by Crippen LogP contribution is -2.25. The molecule has 4 heteroatoms.